The molecule has 0 unspecified atom stereocenters. The molecule has 152 valence electrons. The second-order valence-electron chi connectivity index (χ2n) is 7.59. The highest BCUT2D eigenvalue weighted by Gasteiger charge is 2.35. The van der Waals surface area contributed by atoms with Gasteiger partial charge in [0.25, 0.3) is 11.8 Å². The van der Waals surface area contributed by atoms with Gasteiger partial charge < -0.3 is 19.6 Å². The Labute approximate surface area is 166 Å². The molecule has 2 aliphatic heterocycles. The average Bonchev–Trinajstić information content (AvgIpc) is 2.97. The topological polar surface area (TPSA) is 73.3 Å². The van der Waals surface area contributed by atoms with Crippen LogP contribution in [0.4, 0.5) is 0 Å². The van der Waals surface area contributed by atoms with E-state index in [-0.39, 0.29) is 18.0 Å². The van der Waals surface area contributed by atoms with Crippen molar-refractivity contribution in [2.75, 3.05) is 53.0 Å². The molecule has 0 aliphatic carbocycles. The molecule has 3 rings (SSSR count). The van der Waals surface area contributed by atoms with Crippen LogP contribution in [-0.2, 0) is 20.9 Å². The summed E-state index contributed by atoms with van der Waals surface area (Å²) in [6, 6.07) is 6.09. The van der Waals surface area contributed by atoms with Gasteiger partial charge in [-0.3, -0.25) is 14.5 Å². The highest BCUT2D eigenvalue weighted by molar-refractivity contribution is 6.06. The summed E-state index contributed by atoms with van der Waals surface area (Å²) >= 11 is 0. The number of hydrogen-bond acceptors (Lipinski definition) is 5. The molecule has 2 aliphatic rings. The average molecular weight is 387 g/mol. The van der Waals surface area contributed by atoms with Crippen molar-refractivity contribution < 1.29 is 19.4 Å². The monoisotopic (exact) mass is 387 g/mol. The number of aliphatic hydroxyl groups is 1. The number of hydrogen-bond donors (Lipinski definition) is 1. The van der Waals surface area contributed by atoms with Crippen molar-refractivity contribution in [1.82, 2.24) is 14.7 Å². The van der Waals surface area contributed by atoms with Gasteiger partial charge in [0.15, 0.2) is 5.76 Å². The van der Waals surface area contributed by atoms with E-state index < -0.39 is 11.7 Å². The van der Waals surface area contributed by atoms with E-state index in [0.717, 1.165) is 18.7 Å². The lowest BCUT2D eigenvalue weighted by molar-refractivity contribution is -0.128. The SMILES string of the molecule is Cc1ccc(CN(C)C(=O)C2=C(O)C(=O)N(CCN3CCOCC3)C2)cc1C. The molecule has 0 spiro atoms. The van der Waals surface area contributed by atoms with Gasteiger partial charge in [0.05, 0.1) is 25.3 Å². The lowest BCUT2D eigenvalue weighted by atomic mass is 10.1. The standard InChI is InChI=1S/C21H29N3O4/c1-15-4-5-17(12-16(15)2)13-22(3)20(26)18-14-24(21(27)19(18)25)7-6-23-8-10-28-11-9-23/h4-5,12,25H,6-11,13-14H2,1-3H3. The minimum absolute atomic E-state index is 0.158. The van der Waals surface area contributed by atoms with Crippen LogP contribution in [0, 0.1) is 13.8 Å². The largest absolute Gasteiger partial charge is 0.503 e. The number of rotatable bonds is 6. The molecule has 1 aromatic carbocycles. The number of morpholine rings is 1. The predicted molar refractivity (Wildman–Crippen MR) is 106 cm³/mol. The number of carbonyl (C=O) groups excluding carboxylic acids is 2. The Hall–Kier alpha value is -2.38. The van der Waals surface area contributed by atoms with Gasteiger partial charge in [-0.25, -0.2) is 0 Å². The van der Waals surface area contributed by atoms with Crippen LogP contribution in [0.5, 0.6) is 0 Å². The summed E-state index contributed by atoms with van der Waals surface area (Å²) in [6.07, 6.45) is 0. The normalized spacial score (nSPS) is 18.1. The molecule has 1 N–H and O–H groups in total. The molecule has 1 fully saturated rings. The summed E-state index contributed by atoms with van der Waals surface area (Å²) in [5.74, 6) is -1.19. The number of amides is 2. The van der Waals surface area contributed by atoms with Gasteiger partial charge in [0.1, 0.15) is 0 Å². The van der Waals surface area contributed by atoms with Gasteiger partial charge in [0, 0.05) is 39.8 Å². The van der Waals surface area contributed by atoms with Crippen LogP contribution < -0.4 is 0 Å². The Morgan fingerprint density at radius 2 is 1.89 bits per heavy atom. The van der Waals surface area contributed by atoms with Crippen molar-refractivity contribution in [2.45, 2.75) is 20.4 Å². The maximum absolute atomic E-state index is 12.8. The quantitative estimate of drug-likeness (QED) is 0.795. The highest BCUT2D eigenvalue weighted by Crippen LogP contribution is 2.20. The Kier molecular flexibility index (Phi) is 6.36. The minimum atomic E-state index is -0.462. The fourth-order valence-electron chi connectivity index (χ4n) is 3.53. The maximum atomic E-state index is 12.8. The van der Waals surface area contributed by atoms with Gasteiger partial charge in [-0.2, -0.15) is 0 Å². The lowest BCUT2D eigenvalue weighted by Gasteiger charge is -2.28. The van der Waals surface area contributed by atoms with E-state index in [1.165, 1.54) is 11.1 Å². The molecule has 0 saturated carbocycles. The summed E-state index contributed by atoms with van der Waals surface area (Å²) in [5, 5.41) is 10.2. The van der Waals surface area contributed by atoms with Gasteiger partial charge in [-0.05, 0) is 30.5 Å². The fourth-order valence-corrected chi connectivity index (χ4v) is 3.53. The fraction of sp³-hybridized carbons (Fsp3) is 0.524. The molecular formula is C21H29N3O4. The molecule has 2 amide bonds. The number of likely N-dealkylation sites (N-methyl/N-ethyl adjacent to an activating group) is 1. The van der Waals surface area contributed by atoms with Crippen molar-refractivity contribution in [2.24, 2.45) is 0 Å². The lowest BCUT2D eigenvalue weighted by Crippen LogP contribution is -2.42. The Morgan fingerprint density at radius 1 is 1.18 bits per heavy atom. The van der Waals surface area contributed by atoms with Crippen LogP contribution in [-0.4, -0.2) is 84.6 Å². The number of carbonyl (C=O) groups is 2. The third-order valence-corrected chi connectivity index (χ3v) is 5.51. The molecule has 0 aromatic heterocycles. The van der Waals surface area contributed by atoms with Gasteiger partial charge in [-0.1, -0.05) is 18.2 Å². The molecule has 28 heavy (non-hydrogen) atoms. The minimum Gasteiger partial charge on any atom is -0.503 e. The van der Waals surface area contributed by atoms with E-state index >= 15 is 0 Å². The first-order valence-electron chi connectivity index (χ1n) is 9.70. The van der Waals surface area contributed by atoms with Crippen LogP contribution in [0.1, 0.15) is 16.7 Å². The van der Waals surface area contributed by atoms with Crippen LogP contribution in [0.3, 0.4) is 0 Å². The van der Waals surface area contributed by atoms with E-state index in [2.05, 4.69) is 11.0 Å². The second-order valence-corrected chi connectivity index (χ2v) is 7.59. The molecular weight excluding hydrogens is 358 g/mol. The smallest absolute Gasteiger partial charge is 0.289 e. The summed E-state index contributed by atoms with van der Waals surface area (Å²) < 4.78 is 5.33. The third kappa shape index (κ3) is 4.54. The van der Waals surface area contributed by atoms with Crippen LogP contribution in [0.15, 0.2) is 29.5 Å². The van der Waals surface area contributed by atoms with Crippen LogP contribution >= 0.6 is 0 Å². The zero-order valence-corrected chi connectivity index (χ0v) is 16.9. The summed E-state index contributed by atoms with van der Waals surface area (Å²) in [4.78, 5) is 30.5. The number of ether oxygens (including phenoxy) is 1. The van der Waals surface area contributed by atoms with E-state index in [1.54, 1.807) is 16.8 Å². The van der Waals surface area contributed by atoms with E-state index in [4.69, 9.17) is 4.74 Å². The number of aliphatic hydroxyl groups excluding tert-OH is 1. The first-order chi connectivity index (χ1) is 13.4. The van der Waals surface area contributed by atoms with Crippen molar-refractivity contribution in [3.63, 3.8) is 0 Å². The third-order valence-electron chi connectivity index (χ3n) is 5.51. The summed E-state index contributed by atoms with van der Waals surface area (Å²) in [7, 11) is 1.69. The number of benzene rings is 1. The van der Waals surface area contributed by atoms with Crippen molar-refractivity contribution >= 4 is 11.8 Å². The molecule has 2 heterocycles. The highest BCUT2D eigenvalue weighted by atomic mass is 16.5. The molecule has 7 nitrogen and oxygen atoms in total. The summed E-state index contributed by atoms with van der Waals surface area (Å²) in [5.41, 5.74) is 3.58. The summed E-state index contributed by atoms with van der Waals surface area (Å²) in [6.45, 7) is 8.95. The van der Waals surface area contributed by atoms with Gasteiger partial charge in [-0.15, -0.1) is 0 Å². The van der Waals surface area contributed by atoms with Gasteiger partial charge >= 0.3 is 0 Å². The van der Waals surface area contributed by atoms with Crippen molar-refractivity contribution in [3.8, 4) is 0 Å². The Morgan fingerprint density at radius 3 is 2.57 bits per heavy atom. The molecule has 0 atom stereocenters. The van der Waals surface area contributed by atoms with Gasteiger partial charge in [0.2, 0.25) is 0 Å². The molecule has 7 heteroatoms. The Balaban J connectivity index is 1.59. The van der Waals surface area contributed by atoms with Crippen LogP contribution in [0.2, 0.25) is 0 Å². The maximum Gasteiger partial charge on any atom is 0.289 e. The first-order valence-corrected chi connectivity index (χ1v) is 9.70. The predicted octanol–water partition coefficient (Wildman–Crippen LogP) is 1.25. The van der Waals surface area contributed by atoms with E-state index in [0.29, 0.717) is 32.8 Å². The molecule has 1 saturated heterocycles. The van der Waals surface area contributed by atoms with Crippen molar-refractivity contribution in [3.05, 3.63) is 46.2 Å². The number of aryl methyl sites for hydroxylation is 2. The first kappa shape index (κ1) is 20.4. The van der Waals surface area contributed by atoms with Crippen LogP contribution in [0.25, 0.3) is 0 Å². The van der Waals surface area contributed by atoms with E-state index in [9.17, 15) is 14.7 Å². The zero-order valence-electron chi connectivity index (χ0n) is 16.9. The Bertz CT molecular complexity index is 784. The zero-order chi connectivity index (χ0) is 20.3. The van der Waals surface area contributed by atoms with Crippen molar-refractivity contribution in [1.29, 1.82) is 0 Å². The molecule has 1 aromatic rings. The van der Waals surface area contributed by atoms with E-state index in [1.807, 2.05) is 26.0 Å². The molecule has 0 radical (unpaired) electrons. The number of nitrogens with zero attached hydrogens (tertiary/aromatic N) is 3. The molecule has 0 bridgehead atoms. The second kappa shape index (κ2) is 8.75.